The van der Waals surface area contributed by atoms with Crippen molar-refractivity contribution in [3.63, 3.8) is 0 Å². The molecule has 154 valence electrons. The van der Waals surface area contributed by atoms with Gasteiger partial charge in [-0.1, -0.05) is 11.6 Å². The maximum absolute atomic E-state index is 14.3. The molecule has 0 atom stereocenters. The molecule has 0 radical (unpaired) electrons. The Hall–Kier alpha value is -2.22. The molecule has 3 N–H and O–H groups in total. The van der Waals surface area contributed by atoms with Crippen molar-refractivity contribution in [1.29, 1.82) is 0 Å². The first-order chi connectivity index (χ1) is 12.8. The van der Waals surface area contributed by atoms with Gasteiger partial charge in [-0.3, -0.25) is 9.36 Å². The highest BCUT2D eigenvalue weighted by Crippen LogP contribution is 2.28. The quantitative estimate of drug-likeness (QED) is 0.655. The second-order valence-corrected chi connectivity index (χ2v) is 7.61. The Kier molecular flexibility index (Phi) is 6.04. The molecule has 0 bridgehead atoms. The summed E-state index contributed by atoms with van der Waals surface area (Å²) >= 11 is 5.74. The molecular formula is C14H13ClF4N4O4S. The van der Waals surface area contributed by atoms with Crippen LogP contribution in [0.25, 0.3) is 5.69 Å². The minimum Gasteiger partial charge on any atom is -0.329 e. The van der Waals surface area contributed by atoms with Crippen LogP contribution in [0.3, 0.4) is 0 Å². The maximum atomic E-state index is 14.3. The Morgan fingerprint density at radius 1 is 1.21 bits per heavy atom. The molecule has 0 unspecified atom stereocenters. The molecule has 0 saturated carbocycles. The number of halogens is 5. The predicted molar refractivity (Wildman–Crippen MR) is 91.5 cm³/mol. The Balaban J connectivity index is 2.81. The number of nitrogens with one attached hydrogen (secondary N) is 1. The number of hydrogen-bond acceptors (Lipinski definition) is 5. The van der Waals surface area contributed by atoms with Gasteiger partial charge in [-0.15, -0.1) is 0 Å². The van der Waals surface area contributed by atoms with Gasteiger partial charge in [-0.25, -0.2) is 26.9 Å². The fraction of sp³-hybridized carbons (Fsp3) is 0.286. The topological polar surface area (TPSA) is 116 Å². The molecule has 1 aromatic carbocycles. The summed E-state index contributed by atoms with van der Waals surface area (Å²) in [5, 5.41) is -0.567. The summed E-state index contributed by atoms with van der Waals surface area (Å²) in [6, 6.07) is 1.19. The molecule has 8 nitrogen and oxygen atoms in total. The van der Waals surface area contributed by atoms with Crippen molar-refractivity contribution in [3.8, 4) is 5.69 Å². The molecule has 0 saturated heterocycles. The monoisotopic (exact) mass is 444 g/mol. The molecule has 14 heteroatoms. The van der Waals surface area contributed by atoms with Gasteiger partial charge in [0.25, 0.3) is 5.56 Å². The lowest BCUT2D eigenvalue weighted by atomic mass is 10.3. The van der Waals surface area contributed by atoms with E-state index in [-0.39, 0.29) is 28.3 Å². The molecular weight excluding hydrogens is 432 g/mol. The largest absolute Gasteiger partial charge is 0.431 e. The molecule has 1 aromatic heterocycles. The lowest BCUT2D eigenvalue weighted by molar-refractivity contribution is -0.144. The van der Waals surface area contributed by atoms with Crippen LogP contribution in [0.1, 0.15) is 5.69 Å². The number of nitrogens with two attached hydrogens (primary N) is 1. The molecule has 2 aromatic rings. The molecule has 2 rings (SSSR count). The van der Waals surface area contributed by atoms with Gasteiger partial charge in [-0.05, 0) is 12.1 Å². The zero-order chi connectivity index (χ0) is 21.4. The fourth-order valence-electron chi connectivity index (χ4n) is 2.29. The predicted octanol–water partition coefficient (Wildman–Crippen LogP) is 0.585. The third-order valence-corrected chi connectivity index (χ3v) is 5.50. The van der Waals surface area contributed by atoms with E-state index in [1.807, 2.05) is 0 Å². The Bertz CT molecular complexity index is 1140. The second kappa shape index (κ2) is 7.66. The normalized spacial score (nSPS) is 12.4. The van der Waals surface area contributed by atoms with Crippen LogP contribution in [0.5, 0.6) is 0 Å². The second-order valence-electron chi connectivity index (χ2n) is 5.46. The summed E-state index contributed by atoms with van der Waals surface area (Å²) in [4.78, 5) is 23.7. The van der Waals surface area contributed by atoms with Crippen LogP contribution in [-0.4, -0.2) is 30.6 Å². The van der Waals surface area contributed by atoms with Crippen molar-refractivity contribution in [2.75, 3.05) is 13.1 Å². The van der Waals surface area contributed by atoms with E-state index in [2.05, 4.69) is 4.72 Å². The Morgan fingerprint density at radius 2 is 1.82 bits per heavy atom. The van der Waals surface area contributed by atoms with Crippen molar-refractivity contribution in [2.24, 2.45) is 12.8 Å². The molecule has 0 aliphatic rings. The first kappa shape index (κ1) is 22.1. The van der Waals surface area contributed by atoms with Gasteiger partial charge in [0.05, 0.1) is 10.7 Å². The standard InChI is InChI=1S/C14H13ClF4N4O4S/c1-22-11(14(17,18)19)6-12(24)23(13(22)25)9-5-10(7(15)4-8(9)16)28(26,27)21-3-2-20/h4-6,21H,2-3,20H2,1H3. The number of aromatic nitrogens is 2. The first-order valence-electron chi connectivity index (χ1n) is 7.40. The van der Waals surface area contributed by atoms with Crippen LogP contribution in [0.2, 0.25) is 5.02 Å². The zero-order valence-corrected chi connectivity index (χ0v) is 15.6. The molecule has 28 heavy (non-hydrogen) atoms. The van der Waals surface area contributed by atoms with E-state index in [9.17, 15) is 35.6 Å². The molecule has 1 heterocycles. The zero-order valence-electron chi connectivity index (χ0n) is 14.0. The fourth-order valence-corrected chi connectivity index (χ4v) is 3.87. The van der Waals surface area contributed by atoms with E-state index in [4.69, 9.17) is 17.3 Å². The van der Waals surface area contributed by atoms with Crippen LogP contribution < -0.4 is 21.7 Å². The lowest BCUT2D eigenvalue weighted by Crippen LogP contribution is -2.41. The number of hydrogen-bond donors (Lipinski definition) is 2. The van der Waals surface area contributed by atoms with E-state index in [0.29, 0.717) is 12.1 Å². The van der Waals surface area contributed by atoms with Crippen LogP contribution in [0.4, 0.5) is 17.6 Å². The van der Waals surface area contributed by atoms with E-state index in [1.54, 1.807) is 0 Å². The smallest absolute Gasteiger partial charge is 0.329 e. The van der Waals surface area contributed by atoms with Gasteiger partial charge in [0.1, 0.15) is 16.4 Å². The van der Waals surface area contributed by atoms with Crippen molar-refractivity contribution in [2.45, 2.75) is 11.1 Å². The average molecular weight is 445 g/mol. The third-order valence-electron chi connectivity index (χ3n) is 3.58. The SMILES string of the molecule is Cn1c(C(F)(F)F)cc(=O)n(-c2cc(S(=O)(=O)NCCN)c(Cl)cc2F)c1=O. The van der Waals surface area contributed by atoms with Crippen molar-refractivity contribution >= 4 is 21.6 Å². The minimum absolute atomic E-state index is 0.0657. The highest BCUT2D eigenvalue weighted by atomic mass is 35.5. The summed E-state index contributed by atoms with van der Waals surface area (Å²) in [7, 11) is -3.57. The van der Waals surface area contributed by atoms with E-state index in [0.717, 1.165) is 7.05 Å². The Labute approximate surface area is 160 Å². The van der Waals surface area contributed by atoms with E-state index >= 15 is 0 Å². The molecule has 0 spiro atoms. The average Bonchev–Trinajstić information content (AvgIpc) is 2.57. The van der Waals surface area contributed by atoms with Crippen LogP contribution in [0.15, 0.2) is 32.7 Å². The highest BCUT2D eigenvalue weighted by Gasteiger charge is 2.35. The van der Waals surface area contributed by atoms with Gasteiger partial charge in [0.2, 0.25) is 10.0 Å². The number of nitrogens with zero attached hydrogens (tertiary/aromatic N) is 2. The number of rotatable bonds is 5. The lowest BCUT2D eigenvalue weighted by Gasteiger charge is -2.15. The van der Waals surface area contributed by atoms with Gasteiger partial charge in [0.15, 0.2) is 0 Å². The summed E-state index contributed by atoms with van der Waals surface area (Å²) in [5.74, 6) is -1.29. The third kappa shape index (κ3) is 4.11. The van der Waals surface area contributed by atoms with E-state index in [1.165, 1.54) is 0 Å². The minimum atomic E-state index is -5.01. The maximum Gasteiger partial charge on any atom is 0.431 e. The number of sulfonamides is 1. The van der Waals surface area contributed by atoms with Crippen LogP contribution >= 0.6 is 11.6 Å². The van der Waals surface area contributed by atoms with Crippen molar-refractivity contribution < 1.29 is 26.0 Å². The molecule has 0 fully saturated rings. The number of benzene rings is 1. The Morgan fingerprint density at radius 3 is 2.36 bits per heavy atom. The van der Waals surface area contributed by atoms with Crippen molar-refractivity contribution in [1.82, 2.24) is 13.9 Å². The molecule has 0 aliphatic carbocycles. The van der Waals surface area contributed by atoms with Crippen LogP contribution in [-0.2, 0) is 23.2 Å². The van der Waals surface area contributed by atoms with E-state index < -0.39 is 54.6 Å². The molecule has 0 amide bonds. The van der Waals surface area contributed by atoms with Gasteiger partial charge >= 0.3 is 11.9 Å². The summed E-state index contributed by atoms with van der Waals surface area (Å²) < 4.78 is 79.8. The molecule has 0 aliphatic heterocycles. The number of alkyl halides is 3. The summed E-state index contributed by atoms with van der Waals surface area (Å²) in [5.41, 5.74) is -0.260. The van der Waals surface area contributed by atoms with Crippen molar-refractivity contribution in [3.05, 3.63) is 55.6 Å². The van der Waals surface area contributed by atoms with Crippen LogP contribution in [0, 0.1) is 5.82 Å². The van der Waals surface area contributed by atoms with Gasteiger partial charge < -0.3 is 5.73 Å². The van der Waals surface area contributed by atoms with Gasteiger partial charge in [0, 0.05) is 26.2 Å². The first-order valence-corrected chi connectivity index (χ1v) is 9.26. The highest BCUT2D eigenvalue weighted by molar-refractivity contribution is 7.89. The van der Waals surface area contributed by atoms with Gasteiger partial charge in [-0.2, -0.15) is 13.2 Å². The summed E-state index contributed by atoms with van der Waals surface area (Å²) in [6.07, 6.45) is -5.01. The summed E-state index contributed by atoms with van der Waals surface area (Å²) in [6.45, 7) is -0.253.